The van der Waals surface area contributed by atoms with Crippen LogP contribution in [0.4, 0.5) is 0 Å². The summed E-state index contributed by atoms with van der Waals surface area (Å²) in [5.74, 6) is 1.09. The molecule has 38 heavy (non-hydrogen) atoms. The Labute approximate surface area is 225 Å². The molecule has 7 nitrogen and oxygen atoms in total. The van der Waals surface area contributed by atoms with E-state index in [1.165, 1.54) is 12.8 Å². The summed E-state index contributed by atoms with van der Waals surface area (Å²) in [6.45, 7) is 10.9. The van der Waals surface area contributed by atoms with Crippen LogP contribution in [0.15, 0.2) is 46.9 Å². The maximum absolute atomic E-state index is 12.5. The van der Waals surface area contributed by atoms with Crippen molar-refractivity contribution in [3.8, 4) is 17.2 Å². The average Bonchev–Trinajstić information content (AvgIpc) is 3.34. The zero-order valence-electron chi connectivity index (χ0n) is 23.2. The number of ether oxygens (including phenoxy) is 1. The van der Waals surface area contributed by atoms with E-state index in [0.717, 1.165) is 35.2 Å². The second kappa shape index (κ2) is 13.8. The number of hydrogen-bond donors (Lipinski definition) is 2. The Bertz CT molecular complexity index is 1210. The van der Waals surface area contributed by atoms with Crippen molar-refractivity contribution in [1.29, 1.82) is 0 Å². The summed E-state index contributed by atoms with van der Waals surface area (Å²) in [5.41, 5.74) is 4.22. The Morgan fingerprint density at radius 3 is 2.42 bits per heavy atom. The van der Waals surface area contributed by atoms with Gasteiger partial charge in [0, 0.05) is 24.1 Å². The fourth-order valence-electron chi connectivity index (χ4n) is 4.31. The van der Waals surface area contributed by atoms with Crippen LogP contribution in [0.25, 0.3) is 11.5 Å². The van der Waals surface area contributed by atoms with Gasteiger partial charge in [-0.1, -0.05) is 46.1 Å². The molecular weight excluding hydrogens is 480 g/mol. The van der Waals surface area contributed by atoms with E-state index >= 15 is 0 Å². The summed E-state index contributed by atoms with van der Waals surface area (Å²) >= 11 is 0. The van der Waals surface area contributed by atoms with Crippen LogP contribution >= 0.6 is 0 Å². The molecule has 1 heterocycles. The van der Waals surface area contributed by atoms with Gasteiger partial charge in [0.05, 0.1) is 5.69 Å². The molecule has 2 aromatic carbocycles. The lowest BCUT2D eigenvalue weighted by Crippen LogP contribution is -2.24. The van der Waals surface area contributed by atoms with Gasteiger partial charge in [-0.25, -0.2) is 4.98 Å². The lowest BCUT2D eigenvalue weighted by Gasteiger charge is -2.16. The molecule has 3 aromatic rings. The first-order valence-electron chi connectivity index (χ1n) is 13.6. The first kappa shape index (κ1) is 29.0. The highest BCUT2D eigenvalue weighted by Crippen LogP contribution is 2.33. The van der Waals surface area contributed by atoms with Crippen LogP contribution in [0, 0.1) is 6.92 Å². The van der Waals surface area contributed by atoms with Crippen LogP contribution < -0.4 is 10.1 Å². The van der Waals surface area contributed by atoms with Gasteiger partial charge in [0.1, 0.15) is 5.75 Å². The van der Waals surface area contributed by atoms with Gasteiger partial charge >= 0.3 is 5.97 Å². The predicted molar refractivity (Wildman–Crippen MR) is 149 cm³/mol. The molecule has 0 aliphatic heterocycles. The number of amides is 1. The van der Waals surface area contributed by atoms with Gasteiger partial charge in [-0.3, -0.25) is 9.59 Å². The average molecular weight is 521 g/mol. The number of carbonyl (C=O) groups excluding carboxylic acids is 1. The van der Waals surface area contributed by atoms with Crippen molar-refractivity contribution in [2.75, 3.05) is 6.54 Å². The lowest BCUT2D eigenvalue weighted by atomic mass is 10.0. The number of nitrogens with one attached hydrogen (secondary N) is 1. The molecule has 0 spiro atoms. The van der Waals surface area contributed by atoms with E-state index < -0.39 is 5.97 Å². The van der Waals surface area contributed by atoms with Crippen LogP contribution in [0.2, 0.25) is 0 Å². The lowest BCUT2D eigenvalue weighted by molar-refractivity contribution is -0.136. The molecule has 2 N–H and O–H groups in total. The Balaban J connectivity index is 1.71. The Morgan fingerprint density at radius 2 is 1.79 bits per heavy atom. The molecule has 0 aliphatic carbocycles. The second-order valence-corrected chi connectivity index (χ2v) is 10.1. The quantitative estimate of drug-likeness (QED) is 0.217. The number of nitrogens with zero attached hydrogens (tertiary/aromatic N) is 1. The Kier molecular flexibility index (Phi) is 10.5. The highest BCUT2D eigenvalue weighted by atomic mass is 16.5. The van der Waals surface area contributed by atoms with Crippen molar-refractivity contribution < 1.29 is 23.8 Å². The highest BCUT2D eigenvalue weighted by Gasteiger charge is 2.24. The van der Waals surface area contributed by atoms with E-state index in [9.17, 15) is 9.59 Å². The maximum Gasteiger partial charge on any atom is 0.303 e. The predicted octanol–water partition coefficient (Wildman–Crippen LogP) is 7.24. The minimum atomic E-state index is -0.809. The summed E-state index contributed by atoms with van der Waals surface area (Å²) in [6, 6.07) is 13.0. The molecular formula is C31H40N2O5. The summed E-state index contributed by atoms with van der Waals surface area (Å²) in [5, 5.41) is 11.9. The van der Waals surface area contributed by atoms with Crippen LogP contribution in [0.1, 0.15) is 105 Å². The largest absolute Gasteiger partial charge is 0.483 e. The van der Waals surface area contributed by atoms with Crippen LogP contribution in [0.3, 0.4) is 0 Å². The second-order valence-electron chi connectivity index (χ2n) is 10.1. The number of benzene rings is 2. The van der Waals surface area contributed by atoms with Gasteiger partial charge in [0.25, 0.3) is 5.91 Å². The number of aliphatic carboxylic acids is 1. The van der Waals surface area contributed by atoms with Crippen molar-refractivity contribution in [2.24, 2.45) is 0 Å². The molecule has 1 atom stereocenters. The summed E-state index contributed by atoms with van der Waals surface area (Å²) in [7, 11) is 0. The van der Waals surface area contributed by atoms with Gasteiger partial charge in [-0.2, -0.15) is 0 Å². The Morgan fingerprint density at radius 1 is 1.05 bits per heavy atom. The van der Waals surface area contributed by atoms with Crippen molar-refractivity contribution in [3.05, 3.63) is 70.6 Å². The van der Waals surface area contributed by atoms with E-state index in [4.69, 9.17) is 19.2 Å². The standard InChI is InChI=1S/C31H40N2O5/c1-6-7-8-9-18-32-30(36)24-10-12-25(13-11-24)31-33-28(20(2)3)29(38-31)22(5)37-26-16-14-23(21(4)19-26)15-17-27(34)35/h10-14,16,19-20,22H,6-9,15,17-18H2,1-5H3,(H,32,36)(H,34,35). The number of unbranched alkanes of at least 4 members (excludes halogenated alkanes) is 3. The summed E-state index contributed by atoms with van der Waals surface area (Å²) in [6.07, 6.45) is 4.68. The van der Waals surface area contributed by atoms with Crippen molar-refractivity contribution in [3.63, 3.8) is 0 Å². The van der Waals surface area contributed by atoms with Crippen molar-refractivity contribution in [1.82, 2.24) is 10.3 Å². The highest BCUT2D eigenvalue weighted by molar-refractivity contribution is 5.94. The van der Waals surface area contributed by atoms with Crippen LogP contribution in [-0.4, -0.2) is 28.5 Å². The van der Waals surface area contributed by atoms with Gasteiger partial charge in [-0.15, -0.1) is 0 Å². The number of hydrogen-bond acceptors (Lipinski definition) is 5. The normalized spacial score (nSPS) is 11.9. The van der Waals surface area contributed by atoms with E-state index in [0.29, 0.717) is 35.9 Å². The van der Waals surface area contributed by atoms with E-state index in [1.54, 1.807) is 12.1 Å². The molecule has 204 valence electrons. The van der Waals surface area contributed by atoms with Crippen molar-refractivity contribution >= 4 is 11.9 Å². The number of carboxylic acid groups (broad SMARTS) is 1. The number of aromatic nitrogens is 1. The minimum absolute atomic E-state index is 0.0738. The molecule has 0 fully saturated rings. The molecule has 0 radical (unpaired) electrons. The zero-order chi connectivity index (χ0) is 27.7. The van der Waals surface area contributed by atoms with Crippen molar-refractivity contribution in [2.45, 2.75) is 85.2 Å². The topological polar surface area (TPSA) is 102 Å². The van der Waals surface area contributed by atoms with E-state index in [-0.39, 0.29) is 24.3 Å². The minimum Gasteiger partial charge on any atom is -0.483 e. The summed E-state index contributed by atoms with van der Waals surface area (Å²) in [4.78, 5) is 28.1. The molecule has 1 unspecified atom stereocenters. The number of aryl methyl sites for hydroxylation is 2. The number of oxazole rings is 1. The number of carbonyl (C=O) groups is 2. The third-order valence-corrected chi connectivity index (χ3v) is 6.54. The van der Waals surface area contributed by atoms with Gasteiger partial charge in [0.2, 0.25) is 5.89 Å². The molecule has 3 rings (SSSR count). The molecule has 1 amide bonds. The smallest absolute Gasteiger partial charge is 0.303 e. The fourth-order valence-corrected chi connectivity index (χ4v) is 4.31. The molecule has 7 heteroatoms. The van der Waals surface area contributed by atoms with Crippen LogP contribution in [-0.2, 0) is 11.2 Å². The van der Waals surface area contributed by atoms with Crippen LogP contribution in [0.5, 0.6) is 5.75 Å². The number of rotatable bonds is 14. The summed E-state index contributed by atoms with van der Waals surface area (Å²) < 4.78 is 12.4. The molecule has 1 aromatic heterocycles. The molecule has 0 saturated heterocycles. The fraction of sp³-hybridized carbons (Fsp3) is 0.452. The molecule has 0 bridgehead atoms. The third kappa shape index (κ3) is 7.94. The van der Waals surface area contributed by atoms with Gasteiger partial charge in [0.15, 0.2) is 11.9 Å². The molecule has 0 aliphatic rings. The maximum atomic E-state index is 12.5. The van der Waals surface area contributed by atoms with E-state index in [1.807, 2.05) is 44.2 Å². The molecule has 0 saturated carbocycles. The Hall–Kier alpha value is -3.61. The van der Waals surface area contributed by atoms with Gasteiger partial charge in [-0.05, 0) is 80.1 Å². The first-order chi connectivity index (χ1) is 18.2. The van der Waals surface area contributed by atoms with Gasteiger partial charge < -0.3 is 19.6 Å². The SMILES string of the molecule is CCCCCCNC(=O)c1ccc(-c2nc(C(C)C)c(C(C)Oc3ccc(CCC(=O)O)c(C)c3)o2)cc1. The first-order valence-corrected chi connectivity index (χ1v) is 13.6. The third-order valence-electron chi connectivity index (χ3n) is 6.54. The zero-order valence-corrected chi connectivity index (χ0v) is 23.2. The monoisotopic (exact) mass is 520 g/mol. The number of carboxylic acids is 1. The van der Waals surface area contributed by atoms with E-state index in [2.05, 4.69) is 26.1 Å².